The van der Waals surface area contributed by atoms with Crippen LogP contribution in [-0.2, 0) is 4.79 Å². The highest BCUT2D eigenvalue weighted by Crippen LogP contribution is 2.08. The molecule has 0 aromatic heterocycles. The average Bonchev–Trinajstić information content (AvgIpc) is 2.15. The van der Waals surface area contributed by atoms with Gasteiger partial charge < -0.3 is 11.1 Å². The number of carbonyl (C=O) groups excluding carboxylic acids is 1. The minimum Gasteiger partial charge on any atom is -0.393 e. The Balaban J connectivity index is 3.69. The van der Waals surface area contributed by atoms with Crippen LogP contribution in [-0.4, -0.2) is 28.9 Å². The number of nitrogens with one attached hydrogen (secondary N) is 1. The summed E-state index contributed by atoms with van der Waals surface area (Å²) in [5, 5.41) is 3.37. The molecule has 0 bridgehead atoms. The van der Waals surface area contributed by atoms with Crippen molar-refractivity contribution in [2.75, 3.05) is 12.8 Å². The summed E-state index contributed by atoms with van der Waals surface area (Å²) in [4.78, 5) is 11.6. The van der Waals surface area contributed by atoms with Gasteiger partial charge in [0, 0.05) is 11.8 Å². The van der Waals surface area contributed by atoms with E-state index in [4.69, 9.17) is 18.0 Å². The predicted molar refractivity (Wildman–Crippen MR) is 66.6 cm³/mol. The minimum atomic E-state index is -0.366. The fourth-order valence-electron chi connectivity index (χ4n) is 0.799. The van der Waals surface area contributed by atoms with E-state index in [0.717, 1.165) is 6.42 Å². The van der Waals surface area contributed by atoms with Crippen molar-refractivity contribution in [2.45, 2.75) is 25.5 Å². The topological polar surface area (TPSA) is 55.1 Å². The van der Waals surface area contributed by atoms with Gasteiger partial charge in [-0.15, -0.1) is 0 Å². The zero-order valence-electron chi connectivity index (χ0n) is 8.87. The number of nitrogens with two attached hydrogens (primary N) is 1. The van der Waals surface area contributed by atoms with Crippen molar-refractivity contribution in [3.05, 3.63) is 0 Å². The van der Waals surface area contributed by atoms with E-state index < -0.39 is 0 Å². The van der Waals surface area contributed by atoms with Gasteiger partial charge in [0.05, 0.1) is 10.9 Å². The summed E-state index contributed by atoms with van der Waals surface area (Å²) < 4.78 is 0. The predicted octanol–water partition coefficient (Wildman–Crippen LogP) is 1.17. The molecule has 1 amide bonds. The molecule has 0 fully saturated rings. The molecule has 2 unspecified atom stereocenters. The zero-order chi connectivity index (χ0) is 11.1. The van der Waals surface area contributed by atoms with E-state index >= 15 is 0 Å². The highest BCUT2D eigenvalue weighted by Gasteiger charge is 2.14. The molecule has 0 aliphatic carbocycles. The Kier molecular flexibility index (Phi) is 6.92. The van der Waals surface area contributed by atoms with E-state index in [1.165, 1.54) is 0 Å². The Morgan fingerprint density at radius 3 is 2.57 bits per heavy atom. The van der Waals surface area contributed by atoms with Crippen LogP contribution in [0.1, 0.15) is 20.3 Å². The van der Waals surface area contributed by atoms with Gasteiger partial charge in [0.1, 0.15) is 0 Å². The second kappa shape index (κ2) is 7.06. The summed E-state index contributed by atoms with van der Waals surface area (Å²) in [6, 6.07) is 0. The highest BCUT2D eigenvalue weighted by atomic mass is 32.2. The highest BCUT2D eigenvalue weighted by molar-refractivity contribution is 7.99. The lowest BCUT2D eigenvalue weighted by molar-refractivity contribution is -0.122. The number of amides is 1. The maximum atomic E-state index is 11.4. The van der Waals surface area contributed by atoms with Crippen LogP contribution < -0.4 is 11.1 Å². The lowest BCUT2D eigenvalue weighted by Gasteiger charge is -2.12. The molecule has 0 rings (SSSR count). The van der Waals surface area contributed by atoms with Crippen LogP contribution in [0.3, 0.4) is 0 Å². The van der Waals surface area contributed by atoms with Gasteiger partial charge in [0.2, 0.25) is 5.91 Å². The van der Waals surface area contributed by atoms with E-state index in [1.807, 2.05) is 0 Å². The minimum absolute atomic E-state index is 0.0780. The number of hydrogen-bond donors (Lipinski definition) is 2. The summed E-state index contributed by atoms with van der Waals surface area (Å²) in [6.45, 7) is 4.54. The van der Waals surface area contributed by atoms with Gasteiger partial charge >= 0.3 is 0 Å². The Morgan fingerprint density at radius 1 is 1.57 bits per heavy atom. The lowest BCUT2D eigenvalue weighted by Crippen LogP contribution is -2.36. The number of carbonyl (C=O) groups is 1. The van der Waals surface area contributed by atoms with Gasteiger partial charge in [-0.05, 0) is 19.6 Å². The standard InChI is InChI=1S/C9H18N2OS2/c1-6(14-3)4-5-11-9(12)7(2)8(10)13/h6-7H,4-5H2,1-3H3,(H2,10,13)(H,11,12). The molecule has 0 aromatic carbocycles. The number of rotatable bonds is 6. The van der Waals surface area contributed by atoms with Crippen LogP contribution in [0.5, 0.6) is 0 Å². The molecule has 2 atom stereocenters. The molecular weight excluding hydrogens is 216 g/mol. The monoisotopic (exact) mass is 234 g/mol. The van der Waals surface area contributed by atoms with Gasteiger partial charge in [-0.3, -0.25) is 4.79 Å². The first-order valence-corrected chi connectivity index (χ1v) is 6.28. The molecule has 14 heavy (non-hydrogen) atoms. The molecule has 0 aromatic rings. The van der Waals surface area contributed by atoms with Gasteiger partial charge in [-0.2, -0.15) is 11.8 Å². The summed E-state index contributed by atoms with van der Waals surface area (Å²) in [7, 11) is 0. The Morgan fingerprint density at radius 2 is 2.14 bits per heavy atom. The normalized spacial score (nSPS) is 14.5. The second-order valence-electron chi connectivity index (χ2n) is 3.25. The molecule has 82 valence electrons. The molecule has 0 aliphatic heterocycles. The van der Waals surface area contributed by atoms with Crippen molar-refractivity contribution in [1.29, 1.82) is 0 Å². The molecule has 3 N–H and O–H groups in total. The summed E-state index contributed by atoms with van der Waals surface area (Å²) in [6.07, 6.45) is 3.03. The van der Waals surface area contributed by atoms with E-state index in [-0.39, 0.29) is 16.8 Å². The third-order valence-corrected chi connectivity index (χ3v) is 3.47. The second-order valence-corrected chi connectivity index (χ2v) is 5.00. The van der Waals surface area contributed by atoms with E-state index in [9.17, 15) is 4.79 Å². The molecule has 0 saturated carbocycles. The number of thiocarbonyl (C=S) groups is 1. The molecule has 0 spiro atoms. The largest absolute Gasteiger partial charge is 0.393 e. The molecule has 0 radical (unpaired) electrons. The Hall–Kier alpha value is -0.290. The number of thioether (sulfide) groups is 1. The first-order chi connectivity index (χ1) is 6.49. The van der Waals surface area contributed by atoms with Crippen LogP contribution in [0.15, 0.2) is 0 Å². The van der Waals surface area contributed by atoms with Crippen LogP contribution in [0.4, 0.5) is 0 Å². The van der Waals surface area contributed by atoms with Crippen LogP contribution in [0, 0.1) is 5.92 Å². The van der Waals surface area contributed by atoms with Gasteiger partial charge in [-0.1, -0.05) is 19.1 Å². The summed E-state index contributed by atoms with van der Waals surface area (Å²) in [5.74, 6) is -0.444. The van der Waals surface area contributed by atoms with Crippen molar-refractivity contribution in [3.8, 4) is 0 Å². The quantitative estimate of drug-likeness (QED) is 0.677. The fourth-order valence-corrected chi connectivity index (χ4v) is 1.26. The van der Waals surface area contributed by atoms with Crippen molar-refractivity contribution < 1.29 is 4.79 Å². The van der Waals surface area contributed by atoms with Crippen LogP contribution in [0.25, 0.3) is 0 Å². The van der Waals surface area contributed by atoms with Crippen molar-refractivity contribution in [2.24, 2.45) is 11.7 Å². The summed E-state index contributed by atoms with van der Waals surface area (Å²) in [5.41, 5.74) is 5.36. The van der Waals surface area contributed by atoms with Crippen molar-refractivity contribution in [1.82, 2.24) is 5.32 Å². The van der Waals surface area contributed by atoms with E-state index in [1.54, 1.807) is 18.7 Å². The SMILES string of the molecule is CSC(C)CCNC(=O)C(C)C(N)=S. The van der Waals surface area contributed by atoms with Crippen molar-refractivity contribution in [3.63, 3.8) is 0 Å². The maximum Gasteiger partial charge on any atom is 0.229 e. The van der Waals surface area contributed by atoms with Crippen LogP contribution in [0.2, 0.25) is 0 Å². The molecule has 0 aliphatic rings. The van der Waals surface area contributed by atoms with Gasteiger partial charge in [0.15, 0.2) is 0 Å². The number of hydrogen-bond acceptors (Lipinski definition) is 3. The first-order valence-electron chi connectivity index (χ1n) is 4.58. The molecule has 3 nitrogen and oxygen atoms in total. The third-order valence-electron chi connectivity index (χ3n) is 2.07. The fraction of sp³-hybridized carbons (Fsp3) is 0.778. The van der Waals surface area contributed by atoms with Crippen LogP contribution >= 0.6 is 24.0 Å². The molecule has 5 heteroatoms. The first kappa shape index (κ1) is 13.7. The Labute approximate surface area is 95.2 Å². The molecular formula is C9H18N2OS2. The lowest BCUT2D eigenvalue weighted by atomic mass is 10.1. The average molecular weight is 234 g/mol. The molecule has 0 saturated heterocycles. The van der Waals surface area contributed by atoms with Gasteiger partial charge in [-0.25, -0.2) is 0 Å². The van der Waals surface area contributed by atoms with E-state index in [0.29, 0.717) is 11.8 Å². The van der Waals surface area contributed by atoms with Crippen molar-refractivity contribution >= 4 is 34.9 Å². The van der Waals surface area contributed by atoms with E-state index in [2.05, 4.69) is 18.5 Å². The van der Waals surface area contributed by atoms with Gasteiger partial charge in [0.25, 0.3) is 0 Å². The molecule has 0 heterocycles. The summed E-state index contributed by atoms with van der Waals surface area (Å²) >= 11 is 6.52. The maximum absolute atomic E-state index is 11.4. The Bertz CT molecular complexity index is 209. The smallest absolute Gasteiger partial charge is 0.229 e. The third kappa shape index (κ3) is 5.44. The zero-order valence-corrected chi connectivity index (χ0v) is 10.5.